The molecule has 3 aliphatic rings. The van der Waals surface area contributed by atoms with Gasteiger partial charge in [0.25, 0.3) is 5.91 Å². The molecule has 1 aromatic heterocycles. The van der Waals surface area contributed by atoms with Crippen LogP contribution in [0.5, 0.6) is 0 Å². The Labute approximate surface area is 158 Å². The molecule has 142 valence electrons. The molecule has 1 aromatic rings. The highest BCUT2D eigenvalue weighted by atomic mass is 32.1. The van der Waals surface area contributed by atoms with Crippen molar-refractivity contribution in [3.05, 3.63) is 22.4 Å². The number of carbonyl (C=O) groups is 2. The standard InChI is InChI=1S/C19H26N2O4S/c22-17(13-15-3-2-12-26-15)20-7-5-19(6-8-20)14-21(9-11-25-19)18(23)16-4-1-10-24-16/h2-3,12,16H,1,4-11,13-14H2. The molecular formula is C19H26N2O4S. The number of ether oxygens (including phenoxy) is 2. The van der Waals surface area contributed by atoms with E-state index < -0.39 is 0 Å². The Morgan fingerprint density at radius 1 is 1.19 bits per heavy atom. The van der Waals surface area contributed by atoms with Crippen LogP contribution in [-0.4, -0.2) is 72.7 Å². The number of thiophene rings is 1. The minimum atomic E-state index is -0.299. The Morgan fingerprint density at radius 3 is 2.73 bits per heavy atom. The molecule has 1 atom stereocenters. The van der Waals surface area contributed by atoms with Crippen molar-refractivity contribution < 1.29 is 19.1 Å². The van der Waals surface area contributed by atoms with E-state index >= 15 is 0 Å². The summed E-state index contributed by atoms with van der Waals surface area (Å²) in [5, 5.41) is 2.00. The number of morpholine rings is 1. The second-order valence-corrected chi connectivity index (χ2v) is 8.46. The summed E-state index contributed by atoms with van der Waals surface area (Å²) in [6.07, 6.45) is 3.59. The average molecular weight is 378 g/mol. The van der Waals surface area contributed by atoms with Gasteiger partial charge in [-0.3, -0.25) is 9.59 Å². The minimum Gasteiger partial charge on any atom is -0.371 e. The first-order valence-electron chi connectivity index (χ1n) is 9.50. The second kappa shape index (κ2) is 7.66. The van der Waals surface area contributed by atoms with E-state index in [-0.39, 0.29) is 23.5 Å². The van der Waals surface area contributed by atoms with E-state index in [1.54, 1.807) is 11.3 Å². The van der Waals surface area contributed by atoms with E-state index in [1.165, 1.54) is 0 Å². The molecule has 0 N–H and O–H groups in total. The van der Waals surface area contributed by atoms with Crippen LogP contribution in [0.3, 0.4) is 0 Å². The van der Waals surface area contributed by atoms with Gasteiger partial charge < -0.3 is 19.3 Å². The molecule has 0 radical (unpaired) electrons. The normalized spacial score (nSPS) is 25.6. The fourth-order valence-electron chi connectivity index (χ4n) is 4.15. The molecule has 7 heteroatoms. The molecule has 1 unspecified atom stereocenters. The van der Waals surface area contributed by atoms with Crippen LogP contribution < -0.4 is 0 Å². The van der Waals surface area contributed by atoms with Crippen LogP contribution in [0.15, 0.2) is 17.5 Å². The van der Waals surface area contributed by atoms with Crippen LogP contribution >= 0.6 is 11.3 Å². The number of hydrogen-bond acceptors (Lipinski definition) is 5. The van der Waals surface area contributed by atoms with Gasteiger partial charge >= 0.3 is 0 Å². The first kappa shape index (κ1) is 17.9. The van der Waals surface area contributed by atoms with Crippen molar-refractivity contribution in [2.24, 2.45) is 0 Å². The van der Waals surface area contributed by atoms with Crippen LogP contribution in [0, 0.1) is 0 Å². The van der Waals surface area contributed by atoms with Gasteiger partial charge in [-0.25, -0.2) is 0 Å². The first-order chi connectivity index (χ1) is 12.7. The summed E-state index contributed by atoms with van der Waals surface area (Å²) in [4.78, 5) is 30.1. The average Bonchev–Trinajstić information content (AvgIpc) is 3.36. The zero-order valence-corrected chi connectivity index (χ0v) is 15.8. The van der Waals surface area contributed by atoms with Gasteiger partial charge in [0.1, 0.15) is 6.10 Å². The number of nitrogens with zero attached hydrogens (tertiary/aromatic N) is 2. The number of likely N-dealkylation sites (tertiary alicyclic amines) is 1. The summed E-state index contributed by atoms with van der Waals surface area (Å²) < 4.78 is 11.7. The van der Waals surface area contributed by atoms with E-state index in [4.69, 9.17) is 9.47 Å². The monoisotopic (exact) mass is 378 g/mol. The minimum absolute atomic E-state index is 0.112. The molecule has 3 aliphatic heterocycles. The quantitative estimate of drug-likeness (QED) is 0.803. The smallest absolute Gasteiger partial charge is 0.251 e. The Morgan fingerprint density at radius 2 is 2.04 bits per heavy atom. The predicted molar refractivity (Wildman–Crippen MR) is 98.1 cm³/mol. The molecular weight excluding hydrogens is 352 g/mol. The van der Waals surface area contributed by atoms with Crippen molar-refractivity contribution in [2.45, 2.75) is 43.8 Å². The molecule has 0 saturated carbocycles. The molecule has 26 heavy (non-hydrogen) atoms. The molecule has 2 amide bonds. The van der Waals surface area contributed by atoms with Crippen molar-refractivity contribution in [1.82, 2.24) is 9.80 Å². The highest BCUT2D eigenvalue weighted by molar-refractivity contribution is 7.10. The molecule has 6 nitrogen and oxygen atoms in total. The summed E-state index contributed by atoms with van der Waals surface area (Å²) in [6, 6.07) is 3.99. The van der Waals surface area contributed by atoms with Gasteiger partial charge in [-0.1, -0.05) is 6.07 Å². The summed E-state index contributed by atoms with van der Waals surface area (Å²) in [5.41, 5.74) is -0.299. The van der Waals surface area contributed by atoms with Crippen molar-refractivity contribution in [3.63, 3.8) is 0 Å². The van der Waals surface area contributed by atoms with Crippen molar-refractivity contribution in [1.29, 1.82) is 0 Å². The van der Waals surface area contributed by atoms with Crippen molar-refractivity contribution >= 4 is 23.2 Å². The molecule has 4 rings (SSSR count). The zero-order chi connectivity index (χ0) is 18.0. The van der Waals surface area contributed by atoms with Crippen LogP contribution in [0.4, 0.5) is 0 Å². The maximum Gasteiger partial charge on any atom is 0.251 e. The third-order valence-corrected chi connectivity index (χ3v) is 6.57. The van der Waals surface area contributed by atoms with Gasteiger partial charge in [0.15, 0.2) is 0 Å². The molecule has 0 bridgehead atoms. The van der Waals surface area contributed by atoms with Crippen LogP contribution in [0.2, 0.25) is 0 Å². The van der Waals surface area contributed by atoms with Gasteiger partial charge in [-0.2, -0.15) is 0 Å². The van der Waals surface area contributed by atoms with Crippen molar-refractivity contribution in [3.8, 4) is 0 Å². The lowest BCUT2D eigenvalue weighted by molar-refractivity contribution is -0.168. The van der Waals surface area contributed by atoms with E-state index in [2.05, 4.69) is 0 Å². The third kappa shape index (κ3) is 3.80. The molecule has 4 heterocycles. The second-order valence-electron chi connectivity index (χ2n) is 7.43. The summed E-state index contributed by atoms with van der Waals surface area (Å²) in [5.74, 6) is 0.298. The van der Waals surface area contributed by atoms with E-state index in [1.807, 2.05) is 27.3 Å². The third-order valence-electron chi connectivity index (χ3n) is 5.70. The van der Waals surface area contributed by atoms with Gasteiger partial charge in [-0.15, -0.1) is 11.3 Å². The predicted octanol–water partition coefficient (Wildman–Crippen LogP) is 1.69. The summed E-state index contributed by atoms with van der Waals surface area (Å²) >= 11 is 1.62. The summed E-state index contributed by atoms with van der Waals surface area (Å²) in [6.45, 7) is 3.92. The fourth-order valence-corrected chi connectivity index (χ4v) is 4.85. The lowest BCUT2D eigenvalue weighted by Gasteiger charge is -2.47. The van der Waals surface area contributed by atoms with Crippen LogP contribution in [0.25, 0.3) is 0 Å². The SMILES string of the molecule is O=C(Cc1cccs1)N1CCC2(CC1)CN(C(=O)C1CCCO1)CCO2. The zero-order valence-electron chi connectivity index (χ0n) is 15.0. The highest BCUT2D eigenvalue weighted by Crippen LogP contribution is 2.31. The van der Waals surface area contributed by atoms with Gasteiger partial charge in [-0.05, 0) is 37.1 Å². The van der Waals surface area contributed by atoms with Crippen LogP contribution in [-0.2, 0) is 25.5 Å². The van der Waals surface area contributed by atoms with Crippen molar-refractivity contribution in [2.75, 3.05) is 39.4 Å². The summed E-state index contributed by atoms with van der Waals surface area (Å²) in [7, 11) is 0. The molecule has 3 saturated heterocycles. The Kier molecular flexibility index (Phi) is 5.29. The van der Waals surface area contributed by atoms with E-state index in [0.717, 1.165) is 30.6 Å². The Balaban J connectivity index is 1.32. The molecule has 0 aliphatic carbocycles. The highest BCUT2D eigenvalue weighted by Gasteiger charge is 2.43. The first-order valence-corrected chi connectivity index (χ1v) is 10.4. The molecule has 1 spiro atoms. The van der Waals surface area contributed by atoms with E-state index in [0.29, 0.717) is 45.8 Å². The largest absolute Gasteiger partial charge is 0.371 e. The Hall–Kier alpha value is -1.44. The number of piperidine rings is 1. The van der Waals surface area contributed by atoms with Gasteiger partial charge in [0.2, 0.25) is 5.91 Å². The number of hydrogen-bond donors (Lipinski definition) is 0. The maximum absolute atomic E-state index is 12.7. The van der Waals surface area contributed by atoms with Gasteiger partial charge in [0.05, 0.1) is 18.6 Å². The van der Waals surface area contributed by atoms with Crippen LogP contribution in [0.1, 0.15) is 30.6 Å². The topological polar surface area (TPSA) is 59.1 Å². The van der Waals surface area contributed by atoms with Gasteiger partial charge in [0, 0.05) is 37.7 Å². The Bertz CT molecular complexity index is 634. The number of carbonyl (C=O) groups excluding carboxylic acids is 2. The fraction of sp³-hybridized carbons (Fsp3) is 0.684. The number of rotatable bonds is 3. The maximum atomic E-state index is 12.7. The van der Waals surface area contributed by atoms with E-state index in [9.17, 15) is 9.59 Å². The number of amides is 2. The molecule has 3 fully saturated rings. The lowest BCUT2D eigenvalue weighted by atomic mass is 9.89. The lowest BCUT2D eigenvalue weighted by Crippen LogP contribution is -2.59. The molecule has 0 aromatic carbocycles.